The van der Waals surface area contributed by atoms with Crippen molar-refractivity contribution < 1.29 is 9.18 Å². The number of aliphatic imine (C=N–C) groups is 1. The molecule has 1 aliphatic heterocycles. The lowest BCUT2D eigenvalue weighted by molar-refractivity contribution is 0.100. The van der Waals surface area contributed by atoms with Crippen molar-refractivity contribution in [2.75, 3.05) is 18.0 Å². The van der Waals surface area contributed by atoms with Gasteiger partial charge in [0.15, 0.2) is 5.78 Å². The Hall–Kier alpha value is -1.72. The van der Waals surface area contributed by atoms with Gasteiger partial charge in [-0.2, -0.15) is 0 Å². The van der Waals surface area contributed by atoms with Crippen molar-refractivity contribution in [1.82, 2.24) is 0 Å². The van der Waals surface area contributed by atoms with Gasteiger partial charge in [-0.3, -0.25) is 9.79 Å². The first kappa shape index (κ1) is 20.6. The monoisotopic (exact) mass is 438 g/mol. The third-order valence-corrected chi connectivity index (χ3v) is 4.52. The number of anilines is 1. The second kappa shape index (κ2) is 9.83. The van der Waals surface area contributed by atoms with E-state index in [1.54, 1.807) is 0 Å². The smallest absolute Gasteiger partial charge is 0.182 e. The number of carbonyl (C=O) groups is 1. The molecule has 3 rings (SSSR count). The molecular weight excluding hydrogens is 419 g/mol. The number of ketones is 1. The molecule has 0 atom stereocenters. The van der Waals surface area contributed by atoms with Crippen molar-refractivity contribution in [3.8, 4) is 0 Å². The number of rotatable bonds is 4. The molecule has 2 aromatic rings. The third kappa shape index (κ3) is 5.39. The standard InChI is InChI=1S/C20H20ClFN2O.BrH/c21-16-7-11-18(12-8-16)24(20-4-2-1-3-13-23-20)14-19(25)15-5-9-17(22)10-6-15;/h5-12H,1-4,13-14H2;1H. The Labute approximate surface area is 168 Å². The minimum Gasteiger partial charge on any atom is -0.322 e. The molecular formula is C20H21BrClFN2O. The SMILES string of the molecule is Br.O=C(CN(C1=NCCCCC1)c1ccc(Cl)cc1)c1ccc(F)cc1. The van der Waals surface area contributed by atoms with E-state index in [0.717, 1.165) is 43.8 Å². The first-order valence-corrected chi connectivity index (χ1v) is 8.86. The topological polar surface area (TPSA) is 32.7 Å². The van der Waals surface area contributed by atoms with Gasteiger partial charge in [0.25, 0.3) is 0 Å². The fourth-order valence-electron chi connectivity index (χ4n) is 2.90. The summed E-state index contributed by atoms with van der Waals surface area (Å²) in [6.07, 6.45) is 4.13. The zero-order chi connectivity index (χ0) is 17.6. The maximum Gasteiger partial charge on any atom is 0.182 e. The molecule has 0 saturated carbocycles. The molecule has 3 nitrogen and oxygen atoms in total. The summed E-state index contributed by atoms with van der Waals surface area (Å²) in [7, 11) is 0. The number of Topliss-reactive ketones (excluding diaryl/α,β-unsaturated/α-hetero) is 1. The van der Waals surface area contributed by atoms with Crippen LogP contribution in [0.15, 0.2) is 53.5 Å². The van der Waals surface area contributed by atoms with Crippen molar-refractivity contribution in [1.29, 1.82) is 0 Å². The molecule has 0 radical (unpaired) electrons. The maximum absolute atomic E-state index is 13.1. The minimum absolute atomic E-state index is 0. The van der Waals surface area contributed by atoms with Crippen LogP contribution < -0.4 is 4.90 Å². The van der Waals surface area contributed by atoms with Gasteiger partial charge in [-0.15, -0.1) is 17.0 Å². The van der Waals surface area contributed by atoms with Crippen LogP contribution in [0, 0.1) is 5.82 Å². The molecule has 1 aliphatic rings. The van der Waals surface area contributed by atoms with E-state index in [-0.39, 0.29) is 35.1 Å². The Morgan fingerprint density at radius 1 is 1.04 bits per heavy atom. The minimum atomic E-state index is -0.348. The average molecular weight is 440 g/mol. The van der Waals surface area contributed by atoms with Crippen LogP contribution in [0.25, 0.3) is 0 Å². The molecule has 0 spiro atoms. The Kier molecular flexibility index (Phi) is 7.79. The number of amidine groups is 1. The molecule has 26 heavy (non-hydrogen) atoms. The molecule has 1 heterocycles. The second-order valence-corrected chi connectivity index (χ2v) is 6.54. The fraction of sp³-hybridized carbons (Fsp3) is 0.300. The summed E-state index contributed by atoms with van der Waals surface area (Å²) in [5.74, 6) is 0.511. The Bertz CT molecular complexity index is 762. The van der Waals surface area contributed by atoms with Gasteiger partial charge in [-0.1, -0.05) is 18.0 Å². The van der Waals surface area contributed by atoms with Crippen molar-refractivity contribution in [2.45, 2.75) is 25.7 Å². The highest BCUT2D eigenvalue weighted by Crippen LogP contribution is 2.22. The molecule has 0 unspecified atom stereocenters. The molecule has 0 N–H and O–H groups in total. The van der Waals surface area contributed by atoms with Crippen LogP contribution >= 0.6 is 28.6 Å². The van der Waals surface area contributed by atoms with E-state index < -0.39 is 0 Å². The zero-order valence-electron chi connectivity index (χ0n) is 14.3. The van der Waals surface area contributed by atoms with Crippen molar-refractivity contribution in [2.24, 2.45) is 4.99 Å². The van der Waals surface area contributed by atoms with Gasteiger partial charge in [-0.25, -0.2) is 4.39 Å². The number of carbonyl (C=O) groups excluding carboxylic acids is 1. The van der Waals surface area contributed by atoms with Crippen molar-refractivity contribution in [3.63, 3.8) is 0 Å². The number of halogens is 3. The predicted octanol–water partition coefficient (Wildman–Crippen LogP) is 5.72. The summed E-state index contributed by atoms with van der Waals surface area (Å²) >= 11 is 5.99. The van der Waals surface area contributed by atoms with Gasteiger partial charge >= 0.3 is 0 Å². The molecule has 2 aromatic carbocycles. The van der Waals surface area contributed by atoms with E-state index in [0.29, 0.717) is 10.6 Å². The van der Waals surface area contributed by atoms with Crippen LogP contribution in [-0.4, -0.2) is 24.7 Å². The van der Waals surface area contributed by atoms with Gasteiger partial charge in [0.2, 0.25) is 0 Å². The lowest BCUT2D eigenvalue weighted by atomic mass is 10.1. The first-order chi connectivity index (χ1) is 12.1. The van der Waals surface area contributed by atoms with Crippen LogP contribution in [-0.2, 0) is 0 Å². The quantitative estimate of drug-likeness (QED) is 0.571. The molecule has 0 bridgehead atoms. The average Bonchev–Trinajstić information content (AvgIpc) is 2.90. The molecule has 0 saturated heterocycles. The van der Waals surface area contributed by atoms with Gasteiger partial charge in [-0.05, 0) is 61.4 Å². The second-order valence-electron chi connectivity index (χ2n) is 6.10. The highest BCUT2D eigenvalue weighted by atomic mass is 79.9. The number of hydrogen-bond donors (Lipinski definition) is 0. The molecule has 138 valence electrons. The predicted molar refractivity (Wildman–Crippen MR) is 111 cm³/mol. The fourth-order valence-corrected chi connectivity index (χ4v) is 3.03. The lowest BCUT2D eigenvalue weighted by Gasteiger charge is -2.25. The lowest BCUT2D eigenvalue weighted by Crippen LogP contribution is -2.36. The van der Waals surface area contributed by atoms with Crippen molar-refractivity contribution in [3.05, 3.63) is 64.9 Å². The van der Waals surface area contributed by atoms with E-state index in [1.165, 1.54) is 24.3 Å². The normalized spacial score (nSPS) is 14.0. The van der Waals surface area contributed by atoms with Crippen LogP contribution in [0.5, 0.6) is 0 Å². The molecule has 0 amide bonds. The Balaban J connectivity index is 0.00000243. The molecule has 6 heteroatoms. The summed E-state index contributed by atoms with van der Waals surface area (Å²) in [4.78, 5) is 19.3. The van der Waals surface area contributed by atoms with Crippen LogP contribution in [0.2, 0.25) is 5.02 Å². The molecule has 0 aliphatic carbocycles. The highest BCUT2D eigenvalue weighted by Gasteiger charge is 2.19. The van der Waals surface area contributed by atoms with E-state index in [9.17, 15) is 9.18 Å². The Morgan fingerprint density at radius 3 is 2.42 bits per heavy atom. The van der Waals surface area contributed by atoms with Gasteiger partial charge < -0.3 is 4.90 Å². The number of hydrogen-bond acceptors (Lipinski definition) is 3. The largest absolute Gasteiger partial charge is 0.322 e. The van der Waals surface area contributed by atoms with E-state index in [4.69, 9.17) is 11.6 Å². The van der Waals surface area contributed by atoms with Gasteiger partial charge in [0, 0.05) is 29.2 Å². The summed E-state index contributed by atoms with van der Waals surface area (Å²) in [6, 6.07) is 13.1. The third-order valence-electron chi connectivity index (χ3n) is 4.27. The van der Waals surface area contributed by atoms with Crippen LogP contribution in [0.4, 0.5) is 10.1 Å². The van der Waals surface area contributed by atoms with E-state index >= 15 is 0 Å². The van der Waals surface area contributed by atoms with Gasteiger partial charge in [0.05, 0.1) is 6.54 Å². The van der Waals surface area contributed by atoms with Crippen LogP contribution in [0.1, 0.15) is 36.0 Å². The summed E-state index contributed by atoms with van der Waals surface area (Å²) < 4.78 is 13.1. The molecule has 0 aromatic heterocycles. The van der Waals surface area contributed by atoms with Crippen molar-refractivity contribution >= 4 is 45.9 Å². The zero-order valence-corrected chi connectivity index (χ0v) is 16.8. The molecule has 0 fully saturated rings. The summed E-state index contributed by atoms with van der Waals surface area (Å²) in [5, 5.41) is 0.649. The van der Waals surface area contributed by atoms with Crippen LogP contribution in [0.3, 0.4) is 0 Å². The van der Waals surface area contributed by atoms with Gasteiger partial charge in [0.1, 0.15) is 11.7 Å². The number of benzene rings is 2. The highest BCUT2D eigenvalue weighted by molar-refractivity contribution is 8.93. The first-order valence-electron chi connectivity index (χ1n) is 8.49. The summed E-state index contributed by atoms with van der Waals surface area (Å²) in [5.41, 5.74) is 1.38. The maximum atomic E-state index is 13.1. The van der Waals surface area contributed by atoms with E-state index in [2.05, 4.69) is 4.99 Å². The Morgan fingerprint density at radius 2 is 1.73 bits per heavy atom. The number of nitrogens with zero attached hydrogens (tertiary/aromatic N) is 2. The van der Waals surface area contributed by atoms with E-state index in [1.807, 2.05) is 29.2 Å². The summed E-state index contributed by atoms with van der Waals surface area (Å²) in [6.45, 7) is 0.955.